The van der Waals surface area contributed by atoms with Crippen LogP contribution in [0.2, 0.25) is 0 Å². The number of benzene rings is 2. The summed E-state index contributed by atoms with van der Waals surface area (Å²) in [6.07, 6.45) is 2.30. The van der Waals surface area contributed by atoms with Crippen molar-refractivity contribution in [3.05, 3.63) is 71.3 Å². The Morgan fingerprint density at radius 3 is 2.50 bits per heavy atom. The molecule has 0 fully saturated rings. The Morgan fingerprint density at radius 2 is 1.75 bits per heavy atom. The highest BCUT2D eigenvalue weighted by Gasteiger charge is 2.03. The van der Waals surface area contributed by atoms with Crippen LogP contribution in [-0.2, 0) is 6.42 Å². The zero-order valence-corrected chi connectivity index (χ0v) is 12.6. The average Bonchev–Trinajstić information content (AvgIpc) is 2.48. The fourth-order valence-electron chi connectivity index (χ4n) is 2.49. The summed E-state index contributed by atoms with van der Waals surface area (Å²) in [6, 6.07) is 19.5. The van der Waals surface area contributed by atoms with Gasteiger partial charge < -0.3 is 5.32 Å². The third kappa shape index (κ3) is 4.82. The van der Waals surface area contributed by atoms with Crippen molar-refractivity contribution < 1.29 is 0 Å². The maximum absolute atomic E-state index is 3.55. The molecule has 0 aliphatic carbocycles. The lowest BCUT2D eigenvalue weighted by molar-refractivity contribution is 0.595. The van der Waals surface area contributed by atoms with Gasteiger partial charge in [-0.2, -0.15) is 0 Å². The van der Waals surface area contributed by atoms with E-state index in [2.05, 4.69) is 73.8 Å². The highest BCUT2D eigenvalue weighted by Crippen LogP contribution is 2.17. The molecule has 1 N–H and O–H groups in total. The van der Waals surface area contributed by atoms with Crippen LogP contribution in [0.3, 0.4) is 0 Å². The Hall–Kier alpha value is -1.60. The van der Waals surface area contributed by atoms with E-state index in [1.54, 1.807) is 0 Å². The van der Waals surface area contributed by atoms with E-state index >= 15 is 0 Å². The smallest absolute Gasteiger partial charge is 0.000835 e. The van der Waals surface area contributed by atoms with Crippen LogP contribution in [0.25, 0.3) is 0 Å². The Labute approximate surface area is 123 Å². The Kier molecular flexibility index (Phi) is 5.82. The molecule has 0 saturated heterocycles. The number of hydrogen-bond donors (Lipinski definition) is 1. The summed E-state index contributed by atoms with van der Waals surface area (Å²) in [6.45, 7) is 6.60. The summed E-state index contributed by atoms with van der Waals surface area (Å²) in [7, 11) is 0. The van der Waals surface area contributed by atoms with E-state index in [-0.39, 0.29) is 0 Å². The fraction of sp³-hybridized carbons (Fsp3) is 0.368. The number of aryl methyl sites for hydroxylation is 1. The second-order valence-corrected chi connectivity index (χ2v) is 5.59. The van der Waals surface area contributed by atoms with E-state index in [9.17, 15) is 0 Å². The van der Waals surface area contributed by atoms with Crippen LogP contribution in [0.1, 0.15) is 36.0 Å². The summed E-state index contributed by atoms with van der Waals surface area (Å²) < 4.78 is 0. The van der Waals surface area contributed by atoms with Crippen molar-refractivity contribution in [2.75, 3.05) is 13.1 Å². The van der Waals surface area contributed by atoms with Gasteiger partial charge in [-0.05, 0) is 49.9 Å². The van der Waals surface area contributed by atoms with Crippen LogP contribution < -0.4 is 5.32 Å². The van der Waals surface area contributed by atoms with Gasteiger partial charge in [-0.15, -0.1) is 0 Å². The van der Waals surface area contributed by atoms with Crippen molar-refractivity contribution in [2.45, 2.75) is 32.6 Å². The molecule has 1 heteroatoms. The van der Waals surface area contributed by atoms with Gasteiger partial charge in [0.15, 0.2) is 0 Å². The number of hydrogen-bond acceptors (Lipinski definition) is 1. The molecule has 106 valence electrons. The van der Waals surface area contributed by atoms with Gasteiger partial charge in [-0.3, -0.25) is 0 Å². The molecule has 2 aromatic carbocycles. The van der Waals surface area contributed by atoms with Crippen LogP contribution >= 0.6 is 0 Å². The zero-order valence-electron chi connectivity index (χ0n) is 12.6. The zero-order chi connectivity index (χ0) is 14.2. The van der Waals surface area contributed by atoms with Crippen molar-refractivity contribution in [1.82, 2.24) is 5.32 Å². The van der Waals surface area contributed by atoms with Gasteiger partial charge in [0.25, 0.3) is 0 Å². The Balaban J connectivity index is 1.64. The van der Waals surface area contributed by atoms with Gasteiger partial charge in [0.05, 0.1) is 0 Å². The lowest BCUT2D eigenvalue weighted by atomic mass is 9.98. The first-order chi connectivity index (χ1) is 9.75. The molecule has 20 heavy (non-hydrogen) atoms. The maximum Gasteiger partial charge on any atom is -0.000835 e. The molecule has 0 amide bonds. The van der Waals surface area contributed by atoms with Gasteiger partial charge in [0, 0.05) is 0 Å². The quantitative estimate of drug-likeness (QED) is 0.737. The molecule has 0 spiro atoms. The normalized spacial score (nSPS) is 12.3. The molecule has 1 atom stereocenters. The summed E-state index contributed by atoms with van der Waals surface area (Å²) in [4.78, 5) is 0. The molecular formula is C19H25N. The van der Waals surface area contributed by atoms with Gasteiger partial charge >= 0.3 is 0 Å². The molecule has 1 unspecified atom stereocenters. The summed E-state index contributed by atoms with van der Waals surface area (Å²) in [5, 5.41) is 3.55. The molecule has 2 rings (SSSR count). The van der Waals surface area contributed by atoms with Crippen molar-refractivity contribution >= 4 is 0 Å². The van der Waals surface area contributed by atoms with Gasteiger partial charge in [-0.25, -0.2) is 0 Å². The molecule has 0 aromatic heterocycles. The highest BCUT2D eigenvalue weighted by molar-refractivity contribution is 5.22. The van der Waals surface area contributed by atoms with E-state index in [0.717, 1.165) is 19.5 Å². The molecule has 0 heterocycles. The van der Waals surface area contributed by atoms with Crippen LogP contribution in [0, 0.1) is 6.92 Å². The predicted molar refractivity (Wildman–Crippen MR) is 87.2 cm³/mol. The van der Waals surface area contributed by atoms with Crippen LogP contribution in [-0.4, -0.2) is 13.1 Å². The third-order valence-corrected chi connectivity index (χ3v) is 3.80. The average molecular weight is 267 g/mol. The second-order valence-electron chi connectivity index (χ2n) is 5.59. The van der Waals surface area contributed by atoms with Crippen molar-refractivity contribution in [3.8, 4) is 0 Å². The summed E-state index contributed by atoms with van der Waals surface area (Å²) in [5.41, 5.74) is 4.21. The monoisotopic (exact) mass is 267 g/mol. The van der Waals surface area contributed by atoms with E-state index in [4.69, 9.17) is 0 Å². The molecule has 0 aliphatic rings. The van der Waals surface area contributed by atoms with Crippen LogP contribution in [0.15, 0.2) is 54.6 Å². The Bertz CT molecular complexity index is 504. The van der Waals surface area contributed by atoms with Crippen molar-refractivity contribution in [3.63, 3.8) is 0 Å². The van der Waals surface area contributed by atoms with Crippen molar-refractivity contribution in [1.29, 1.82) is 0 Å². The first-order valence-corrected chi connectivity index (χ1v) is 7.57. The largest absolute Gasteiger partial charge is 0.316 e. The summed E-state index contributed by atoms with van der Waals surface area (Å²) in [5.74, 6) is 0.627. The first kappa shape index (κ1) is 14.8. The molecule has 0 radical (unpaired) electrons. The lowest BCUT2D eigenvalue weighted by Crippen LogP contribution is -2.19. The van der Waals surface area contributed by atoms with Gasteiger partial charge in [0.1, 0.15) is 0 Å². The standard InChI is InChI=1S/C19H25N/c1-16-7-6-8-18(15-16)12-14-20-13-11-17(2)19-9-4-3-5-10-19/h3-10,15,17,20H,11-14H2,1-2H3. The fourth-order valence-corrected chi connectivity index (χ4v) is 2.49. The predicted octanol–water partition coefficient (Wildman–Crippen LogP) is 4.32. The highest BCUT2D eigenvalue weighted by atomic mass is 14.8. The van der Waals surface area contributed by atoms with E-state index in [0.29, 0.717) is 5.92 Å². The van der Waals surface area contributed by atoms with Gasteiger partial charge in [0.2, 0.25) is 0 Å². The maximum atomic E-state index is 3.55. The number of rotatable bonds is 7. The Morgan fingerprint density at radius 1 is 0.950 bits per heavy atom. The minimum absolute atomic E-state index is 0.627. The molecule has 1 nitrogen and oxygen atoms in total. The minimum atomic E-state index is 0.627. The molecule has 0 bridgehead atoms. The van der Waals surface area contributed by atoms with E-state index in [1.807, 2.05) is 0 Å². The van der Waals surface area contributed by atoms with Crippen LogP contribution in [0.5, 0.6) is 0 Å². The SMILES string of the molecule is Cc1cccc(CCNCCC(C)c2ccccc2)c1. The molecule has 2 aromatic rings. The van der Waals surface area contributed by atoms with E-state index < -0.39 is 0 Å². The molecule has 0 aliphatic heterocycles. The lowest BCUT2D eigenvalue weighted by Gasteiger charge is -2.12. The topological polar surface area (TPSA) is 12.0 Å². The molecular weight excluding hydrogens is 242 g/mol. The van der Waals surface area contributed by atoms with Crippen LogP contribution in [0.4, 0.5) is 0 Å². The van der Waals surface area contributed by atoms with E-state index in [1.165, 1.54) is 23.1 Å². The van der Waals surface area contributed by atoms with Crippen molar-refractivity contribution in [2.24, 2.45) is 0 Å². The first-order valence-electron chi connectivity index (χ1n) is 7.57. The summed E-state index contributed by atoms with van der Waals surface area (Å²) >= 11 is 0. The van der Waals surface area contributed by atoms with Gasteiger partial charge in [-0.1, -0.05) is 67.1 Å². The minimum Gasteiger partial charge on any atom is -0.316 e. The number of nitrogens with one attached hydrogen (secondary N) is 1. The second kappa shape index (κ2) is 7.86. The molecule has 0 saturated carbocycles. The third-order valence-electron chi connectivity index (χ3n) is 3.80.